The van der Waals surface area contributed by atoms with Crippen LogP contribution in [0.3, 0.4) is 0 Å². The average molecular weight is 415 g/mol. The smallest absolute Gasteiger partial charge is 0.163 e. The quantitative estimate of drug-likeness (QED) is 0.494. The lowest BCUT2D eigenvalue weighted by Crippen LogP contribution is -2.27. The van der Waals surface area contributed by atoms with Crippen LogP contribution >= 0.6 is 11.6 Å². The number of allylic oxidation sites excluding steroid dienone is 1. The summed E-state index contributed by atoms with van der Waals surface area (Å²) >= 11 is 6.47. The summed E-state index contributed by atoms with van der Waals surface area (Å²) in [5.41, 5.74) is 7.15. The molecule has 0 saturated carbocycles. The first-order valence-corrected chi connectivity index (χ1v) is 10.7. The van der Waals surface area contributed by atoms with Crippen LogP contribution in [0.1, 0.15) is 41.5 Å². The number of aryl methyl sites for hydroxylation is 1. The number of halogens is 1. The molecular formula is C26H23ClN2O. The number of carbonyl (C=O) groups excluding carboxylic acids is 1. The number of fused-ring (bicyclic) bond motifs is 1. The molecule has 0 radical (unpaired) electrons. The molecule has 0 saturated heterocycles. The zero-order valence-electron chi connectivity index (χ0n) is 16.8. The highest BCUT2D eigenvalue weighted by molar-refractivity contribution is 6.31. The van der Waals surface area contributed by atoms with Crippen molar-refractivity contribution in [1.29, 1.82) is 0 Å². The fourth-order valence-electron chi connectivity index (χ4n) is 4.53. The number of benzene rings is 3. The van der Waals surface area contributed by atoms with Crippen molar-refractivity contribution in [3.8, 4) is 0 Å². The first kappa shape index (κ1) is 19.0. The number of rotatable bonds is 2. The molecule has 3 aromatic rings. The van der Waals surface area contributed by atoms with Crippen LogP contribution in [0.15, 0.2) is 84.1 Å². The van der Waals surface area contributed by atoms with Gasteiger partial charge in [-0.1, -0.05) is 71.8 Å². The van der Waals surface area contributed by atoms with Gasteiger partial charge in [0.2, 0.25) is 0 Å². The van der Waals surface area contributed by atoms with E-state index in [1.807, 2.05) is 42.5 Å². The van der Waals surface area contributed by atoms with Gasteiger partial charge in [0.1, 0.15) is 0 Å². The third kappa shape index (κ3) is 3.40. The number of anilines is 2. The zero-order valence-corrected chi connectivity index (χ0v) is 17.5. The Bertz CT molecular complexity index is 1150. The Morgan fingerprint density at radius 1 is 0.867 bits per heavy atom. The molecule has 0 bridgehead atoms. The van der Waals surface area contributed by atoms with E-state index in [1.54, 1.807) is 0 Å². The summed E-state index contributed by atoms with van der Waals surface area (Å²) in [4.78, 5) is 13.5. The molecular weight excluding hydrogens is 392 g/mol. The van der Waals surface area contributed by atoms with Crippen LogP contribution in [0.4, 0.5) is 11.4 Å². The van der Waals surface area contributed by atoms with E-state index in [1.165, 1.54) is 5.56 Å². The largest absolute Gasteiger partial charge is 0.372 e. The second-order valence-corrected chi connectivity index (χ2v) is 8.51. The normalized spacial score (nSPS) is 20.5. The third-order valence-corrected chi connectivity index (χ3v) is 6.41. The van der Waals surface area contributed by atoms with Crippen molar-refractivity contribution in [2.24, 2.45) is 0 Å². The van der Waals surface area contributed by atoms with Crippen molar-refractivity contribution in [1.82, 2.24) is 0 Å². The second kappa shape index (κ2) is 7.66. The molecule has 0 fully saturated rings. The van der Waals surface area contributed by atoms with Crippen LogP contribution in [-0.4, -0.2) is 5.78 Å². The second-order valence-electron chi connectivity index (χ2n) is 8.10. The van der Waals surface area contributed by atoms with Crippen molar-refractivity contribution in [3.63, 3.8) is 0 Å². The Balaban J connectivity index is 1.62. The van der Waals surface area contributed by atoms with Crippen LogP contribution < -0.4 is 10.6 Å². The van der Waals surface area contributed by atoms with Crippen LogP contribution in [0.25, 0.3) is 0 Å². The minimum atomic E-state index is -0.184. The number of carbonyl (C=O) groups is 1. The van der Waals surface area contributed by atoms with Crippen LogP contribution in [0.2, 0.25) is 5.02 Å². The highest BCUT2D eigenvalue weighted by Crippen LogP contribution is 2.45. The molecule has 30 heavy (non-hydrogen) atoms. The fraction of sp³-hybridized carbons (Fsp3) is 0.192. The average Bonchev–Trinajstić information content (AvgIpc) is 2.91. The number of para-hydroxylation sites is 2. The van der Waals surface area contributed by atoms with Crippen molar-refractivity contribution in [3.05, 3.63) is 106 Å². The van der Waals surface area contributed by atoms with E-state index in [4.69, 9.17) is 11.6 Å². The van der Waals surface area contributed by atoms with Crippen molar-refractivity contribution >= 4 is 28.8 Å². The number of Topliss-reactive ketones (excluding diaryl/α,β-unsaturated/α-hetero) is 1. The van der Waals surface area contributed by atoms with Gasteiger partial charge in [-0.15, -0.1) is 0 Å². The van der Waals surface area contributed by atoms with Gasteiger partial charge in [0.25, 0.3) is 0 Å². The molecule has 0 amide bonds. The highest BCUT2D eigenvalue weighted by atomic mass is 35.5. The predicted molar refractivity (Wildman–Crippen MR) is 123 cm³/mol. The first-order chi connectivity index (χ1) is 14.6. The van der Waals surface area contributed by atoms with Gasteiger partial charge in [-0.2, -0.15) is 0 Å². The Labute approximate surface area is 181 Å². The van der Waals surface area contributed by atoms with Crippen molar-refractivity contribution in [2.75, 3.05) is 10.6 Å². The molecule has 2 N–H and O–H groups in total. The summed E-state index contributed by atoms with van der Waals surface area (Å²) in [6.07, 6.45) is 1.22. The summed E-state index contributed by atoms with van der Waals surface area (Å²) in [6, 6.07) is 24.2. The molecule has 1 aliphatic heterocycles. The number of hydrogen-bond acceptors (Lipinski definition) is 3. The molecule has 4 heteroatoms. The standard InChI is InChI=1S/C26H23ClN2O/c1-16-10-12-17(13-11-16)26-25-23(28-21-8-4-5-9-22(21)29-26)14-18(15-24(25)30)19-6-2-3-7-20(19)27/h2-13,18,26,28-29H,14-15H2,1H3/t18-,26+/m0/s1. The van der Waals surface area contributed by atoms with Crippen molar-refractivity contribution in [2.45, 2.75) is 31.7 Å². The van der Waals surface area contributed by atoms with Crippen LogP contribution in [0, 0.1) is 6.92 Å². The Hall–Kier alpha value is -3.04. The van der Waals surface area contributed by atoms with E-state index < -0.39 is 0 Å². The number of ketones is 1. The molecule has 150 valence electrons. The first-order valence-electron chi connectivity index (χ1n) is 10.3. The van der Waals surface area contributed by atoms with Crippen LogP contribution in [0.5, 0.6) is 0 Å². The minimum absolute atomic E-state index is 0.0707. The summed E-state index contributed by atoms with van der Waals surface area (Å²) in [5, 5.41) is 7.92. The molecule has 3 nitrogen and oxygen atoms in total. The Kier molecular flexibility index (Phi) is 4.84. The van der Waals surface area contributed by atoms with Crippen LogP contribution in [-0.2, 0) is 4.79 Å². The van der Waals surface area contributed by atoms with Gasteiger partial charge in [-0.05, 0) is 48.6 Å². The van der Waals surface area contributed by atoms with Gasteiger partial charge in [0, 0.05) is 22.7 Å². The lowest BCUT2D eigenvalue weighted by Gasteiger charge is -2.30. The lowest BCUT2D eigenvalue weighted by molar-refractivity contribution is -0.116. The molecule has 3 aromatic carbocycles. The zero-order chi connectivity index (χ0) is 20.7. The van der Waals surface area contributed by atoms with E-state index in [0.29, 0.717) is 6.42 Å². The maximum Gasteiger partial charge on any atom is 0.163 e. The van der Waals surface area contributed by atoms with E-state index >= 15 is 0 Å². The molecule has 0 aromatic heterocycles. The molecule has 5 rings (SSSR count). The molecule has 0 unspecified atom stereocenters. The summed E-state index contributed by atoms with van der Waals surface area (Å²) < 4.78 is 0. The van der Waals surface area contributed by atoms with E-state index in [0.717, 1.165) is 45.2 Å². The van der Waals surface area contributed by atoms with Gasteiger partial charge in [-0.3, -0.25) is 4.79 Å². The van der Waals surface area contributed by atoms with E-state index in [-0.39, 0.29) is 17.7 Å². The maximum atomic E-state index is 13.5. The highest BCUT2D eigenvalue weighted by Gasteiger charge is 2.36. The molecule has 2 atom stereocenters. The Morgan fingerprint density at radius 3 is 2.33 bits per heavy atom. The molecule has 1 heterocycles. The van der Waals surface area contributed by atoms with E-state index in [2.05, 4.69) is 47.9 Å². The van der Waals surface area contributed by atoms with Gasteiger partial charge >= 0.3 is 0 Å². The summed E-state index contributed by atoms with van der Waals surface area (Å²) in [5.74, 6) is 0.237. The lowest BCUT2D eigenvalue weighted by atomic mass is 9.78. The molecule has 1 aliphatic carbocycles. The maximum absolute atomic E-state index is 13.5. The Morgan fingerprint density at radius 2 is 1.57 bits per heavy atom. The minimum Gasteiger partial charge on any atom is -0.372 e. The van der Waals surface area contributed by atoms with E-state index in [9.17, 15) is 4.79 Å². The number of nitrogens with one attached hydrogen (secondary N) is 2. The van der Waals surface area contributed by atoms with Crippen molar-refractivity contribution < 1.29 is 4.79 Å². The monoisotopic (exact) mass is 414 g/mol. The topological polar surface area (TPSA) is 41.1 Å². The summed E-state index contributed by atoms with van der Waals surface area (Å²) in [7, 11) is 0. The van der Waals surface area contributed by atoms with Gasteiger partial charge < -0.3 is 10.6 Å². The number of hydrogen-bond donors (Lipinski definition) is 2. The summed E-state index contributed by atoms with van der Waals surface area (Å²) in [6.45, 7) is 2.08. The molecule has 0 spiro atoms. The predicted octanol–water partition coefficient (Wildman–Crippen LogP) is 6.63. The third-order valence-electron chi connectivity index (χ3n) is 6.06. The van der Waals surface area contributed by atoms with Gasteiger partial charge in [0.15, 0.2) is 5.78 Å². The van der Waals surface area contributed by atoms with Gasteiger partial charge in [-0.25, -0.2) is 0 Å². The molecule has 2 aliphatic rings. The fourth-order valence-corrected chi connectivity index (χ4v) is 4.82. The SMILES string of the molecule is Cc1ccc([C@H]2Nc3ccccc3NC3=C2C(=O)C[C@@H](c2ccccc2Cl)C3)cc1. The van der Waals surface area contributed by atoms with Gasteiger partial charge in [0.05, 0.1) is 17.4 Å².